The van der Waals surface area contributed by atoms with Crippen molar-refractivity contribution < 1.29 is 9.94 Å². The first-order valence-electron chi connectivity index (χ1n) is 4.84. The number of aromatic nitrogens is 1. The van der Waals surface area contributed by atoms with Crippen LogP contribution in [0, 0.1) is 0 Å². The molecule has 0 bridgehead atoms. The lowest BCUT2D eigenvalue weighted by Gasteiger charge is -2.04. The zero-order chi connectivity index (χ0) is 12.4. The van der Waals surface area contributed by atoms with Gasteiger partial charge in [-0.2, -0.15) is 0 Å². The molecule has 88 valence electrons. The van der Waals surface area contributed by atoms with Crippen LogP contribution in [0.3, 0.4) is 0 Å². The number of nitrogens with zero attached hydrogens (tertiary/aromatic N) is 1. The monoisotopic (exact) mass is 233 g/mol. The van der Waals surface area contributed by atoms with Crippen molar-refractivity contribution in [3.8, 4) is 5.75 Å². The standard InChI is InChI=1S/C11H11N3O3/c1-17-7-3-2-6-4-8(10(12)14-16)11(15)13-9(6)5-7/h2-5,16H,1H3,(H2,12,14)(H,13,15). The summed E-state index contributed by atoms with van der Waals surface area (Å²) in [5, 5.41) is 12.1. The summed E-state index contributed by atoms with van der Waals surface area (Å²) in [5.74, 6) is 0.425. The van der Waals surface area contributed by atoms with Gasteiger partial charge in [-0.3, -0.25) is 4.79 Å². The number of fused-ring (bicyclic) bond motifs is 1. The van der Waals surface area contributed by atoms with E-state index in [1.165, 1.54) is 0 Å². The second-order valence-corrected chi connectivity index (χ2v) is 3.45. The van der Waals surface area contributed by atoms with E-state index in [0.29, 0.717) is 11.3 Å². The van der Waals surface area contributed by atoms with Crippen LogP contribution in [0.4, 0.5) is 0 Å². The molecule has 6 heteroatoms. The number of ether oxygens (including phenoxy) is 1. The molecule has 0 aliphatic carbocycles. The number of aromatic amines is 1. The molecule has 0 saturated carbocycles. The topological polar surface area (TPSA) is 101 Å². The van der Waals surface area contributed by atoms with E-state index >= 15 is 0 Å². The third kappa shape index (κ3) is 1.92. The van der Waals surface area contributed by atoms with E-state index in [0.717, 1.165) is 5.39 Å². The Balaban J connectivity index is 2.71. The lowest BCUT2D eigenvalue weighted by atomic mass is 10.1. The molecule has 6 nitrogen and oxygen atoms in total. The summed E-state index contributed by atoms with van der Waals surface area (Å²) in [4.78, 5) is 14.3. The van der Waals surface area contributed by atoms with Crippen LogP contribution in [0.5, 0.6) is 5.75 Å². The van der Waals surface area contributed by atoms with E-state index in [9.17, 15) is 4.79 Å². The average molecular weight is 233 g/mol. The molecule has 0 unspecified atom stereocenters. The highest BCUT2D eigenvalue weighted by atomic mass is 16.5. The minimum atomic E-state index is -0.416. The lowest BCUT2D eigenvalue weighted by Crippen LogP contribution is -2.24. The Morgan fingerprint density at radius 2 is 2.24 bits per heavy atom. The van der Waals surface area contributed by atoms with Crippen LogP contribution < -0.4 is 16.0 Å². The number of nitrogens with two attached hydrogens (primary N) is 1. The molecule has 1 aromatic carbocycles. The van der Waals surface area contributed by atoms with Gasteiger partial charge in [0, 0.05) is 6.07 Å². The molecule has 17 heavy (non-hydrogen) atoms. The second-order valence-electron chi connectivity index (χ2n) is 3.45. The van der Waals surface area contributed by atoms with Gasteiger partial charge in [0.1, 0.15) is 5.75 Å². The van der Waals surface area contributed by atoms with Crippen LogP contribution in [0.2, 0.25) is 0 Å². The summed E-state index contributed by atoms with van der Waals surface area (Å²) in [6.07, 6.45) is 0. The largest absolute Gasteiger partial charge is 0.497 e. The maximum absolute atomic E-state index is 11.7. The number of nitrogens with one attached hydrogen (secondary N) is 1. The Bertz CT molecular complexity index is 646. The fourth-order valence-electron chi connectivity index (χ4n) is 1.55. The molecule has 0 saturated heterocycles. The van der Waals surface area contributed by atoms with Gasteiger partial charge in [0.25, 0.3) is 5.56 Å². The molecule has 0 aliphatic rings. The van der Waals surface area contributed by atoms with Crippen molar-refractivity contribution in [2.75, 3.05) is 7.11 Å². The first-order valence-corrected chi connectivity index (χ1v) is 4.84. The molecule has 0 atom stereocenters. The molecule has 4 N–H and O–H groups in total. The van der Waals surface area contributed by atoms with E-state index < -0.39 is 5.56 Å². The van der Waals surface area contributed by atoms with Gasteiger partial charge in [-0.05, 0) is 23.6 Å². The summed E-state index contributed by atoms with van der Waals surface area (Å²) in [5.41, 5.74) is 5.74. The first kappa shape index (κ1) is 11.0. The number of hydrogen-bond donors (Lipinski definition) is 3. The SMILES string of the molecule is COc1ccc2cc(/C(N)=N\O)c(=O)[nH]c2c1. The highest BCUT2D eigenvalue weighted by Crippen LogP contribution is 2.18. The Morgan fingerprint density at radius 1 is 1.47 bits per heavy atom. The van der Waals surface area contributed by atoms with Gasteiger partial charge in [0.05, 0.1) is 18.2 Å². The third-order valence-corrected chi connectivity index (χ3v) is 2.44. The number of H-pyrrole nitrogens is 1. The van der Waals surface area contributed by atoms with E-state index in [1.54, 1.807) is 31.4 Å². The number of oxime groups is 1. The minimum absolute atomic E-state index is 0.130. The van der Waals surface area contributed by atoms with Gasteiger partial charge in [0.2, 0.25) is 0 Å². The summed E-state index contributed by atoms with van der Waals surface area (Å²) in [6, 6.07) is 6.80. The summed E-state index contributed by atoms with van der Waals surface area (Å²) < 4.78 is 5.05. The van der Waals surface area contributed by atoms with Crippen LogP contribution >= 0.6 is 0 Å². The van der Waals surface area contributed by atoms with E-state index in [2.05, 4.69) is 10.1 Å². The smallest absolute Gasteiger partial charge is 0.259 e. The molecule has 0 fully saturated rings. The molecule has 0 spiro atoms. The first-order chi connectivity index (χ1) is 8.15. The van der Waals surface area contributed by atoms with Gasteiger partial charge in [0.15, 0.2) is 5.84 Å². The van der Waals surface area contributed by atoms with Crippen LogP contribution in [0.1, 0.15) is 5.56 Å². The normalized spacial score (nSPS) is 11.7. The highest BCUT2D eigenvalue weighted by Gasteiger charge is 2.07. The lowest BCUT2D eigenvalue weighted by molar-refractivity contribution is 0.318. The summed E-state index contributed by atoms with van der Waals surface area (Å²) in [6.45, 7) is 0. The van der Waals surface area contributed by atoms with Crippen LogP contribution in [-0.4, -0.2) is 23.1 Å². The molecule has 2 aromatic rings. The molecule has 2 rings (SSSR count). The summed E-state index contributed by atoms with van der Waals surface area (Å²) in [7, 11) is 1.55. The maximum atomic E-state index is 11.7. The zero-order valence-electron chi connectivity index (χ0n) is 9.10. The fraction of sp³-hybridized carbons (Fsp3) is 0.0909. The van der Waals surface area contributed by atoms with Crippen molar-refractivity contribution in [2.24, 2.45) is 10.9 Å². The van der Waals surface area contributed by atoms with Crippen LogP contribution in [0.15, 0.2) is 34.2 Å². The number of hydrogen-bond acceptors (Lipinski definition) is 4. The highest BCUT2D eigenvalue weighted by molar-refractivity contribution is 5.99. The molecular weight excluding hydrogens is 222 g/mol. The molecule has 0 aliphatic heterocycles. The Morgan fingerprint density at radius 3 is 2.88 bits per heavy atom. The van der Waals surface area contributed by atoms with Crippen molar-refractivity contribution in [1.82, 2.24) is 4.98 Å². The van der Waals surface area contributed by atoms with Crippen LogP contribution in [-0.2, 0) is 0 Å². The van der Waals surface area contributed by atoms with Gasteiger partial charge in [-0.15, -0.1) is 0 Å². The Kier molecular flexibility index (Phi) is 2.70. The van der Waals surface area contributed by atoms with Crippen molar-refractivity contribution >= 4 is 16.7 Å². The third-order valence-electron chi connectivity index (χ3n) is 2.44. The number of benzene rings is 1. The molecule has 0 radical (unpaired) electrons. The number of rotatable bonds is 2. The number of amidine groups is 1. The van der Waals surface area contributed by atoms with Gasteiger partial charge >= 0.3 is 0 Å². The van der Waals surface area contributed by atoms with Gasteiger partial charge in [-0.1, -0.05) is 5.16 Å². The quantitative estimate of drug-likeness (QED) is 0.306. The van der Waals surface area contributed by atoms with Gasteiger partial charge in [-0.25, -0.2) is 0 Å². The van der Waals surface area contributed by atoms with Crippen molar-refractivity contribution in [2.45, 2.75) is 0 Å². The number of methoxy groups -OCH3 is 1. The number of pyridine rings is 1. The molecule has 1 aromatic heterocycles. The van der Waals surface area contributed by atoms with E-state index in [1.807, 2.05) is 0 Å². The second kappa shape index (κ2) is 4.17. The fourth-order valence-corrected chi connectivity index (χ4v) is 1.55. The van der Waals surface area contributed by atoms with Crippen molar-refractivity contribution in [3.63, 3.8) is 0 Å². The van der Waals surface area contributed by atoms with E-state index in [4.69, 9.17) is 15.7 Å². The molecule has 1 heterocycles. The molecular formula is C11H11N3O3. The van der Waals surface area contributed by atoms with E-state index in [-0.39, 0.29) is 11.4 Å². The van der Waals surface area contributed by atoms with Crippen molar-refractivity contribution in [1.29, 1.82) is 0 Å². The van der Waals surface area contributed by atoms with Gasteiger partial charge < -0.3 is 20.7 Å². The molecule has 0 amide bonds. The zero-order valence-corrected chi connectivity index (χ0v) is 9.10. The Hall–Kier alpha value is -2.50. The van der Waals surface area contributed by atoms with Crippen molar-refractivity contribution in [3.05, 3.63) is 40.2 Å². The predicted octanol–water partition coefficient (Wildman–Crippen LogP) is 0.631. The average Bonchev–Trinajstić information content (AvgIpc) is 2.36. The Labute approximate surface area is 96.3 Å². The predicted molar refractivity (Wildman–Crippen MR) is 63.6 cm³/mol. The maximum Gasteiger partial charge on any atom is 0.259 e. The summed E-state index contributed by atoms with van der Waals surface area (Å²) >= 11 is 0. The van der Waals surface area contributed by atoms with Crippen LogP contribution in [0.25, 0.3) is 10.9 Å². The minimum Gasteiger partial charge on any atom is -0.497 e.